The Morgan fingerprint density at radius 1 is 1.38 bits per heavy atom. The SMILES string of the molecule is O=C(N[C@@H]1CCCCNC1=O)c1cnn(Cc2ccccc2Cl)c1. The fourth-order valence-corrected chi connectivity index (χ4v) is 2.88. The van der Waals surface area contributed by atoms with Crippen LogP contribution in [0.15, 0.2) is 36.7 Å². The van der Waals surface area contributed by atoms with Crippen LogP contribution in [0.4, 0.5) is 0 Å². The molecular formula is C17H19ClN4O2. The highest BCUT2D eigenvalue weighted by atomic mass is 35.5. The van der Waals surface area contributed by atoms with Crippen LogP contribution in [0.2, 0.25) is 5.02 Å². The second kappa shape index (κ2) is 7.49. The minimum absolute atomic E-state index is 0.121. The molecule has 1 aliphatic rings. The Balaban J connectivity index is 1.65. The molecule has 2 aromatic rings. The van der Waals surface area contributed by atoms with Crippen LogP contribution in [-0.4, -0.2) is 34.2 Å². The summed E-state index contributed by atoms with van der Waals surface area (Å²) in [5, 5.41) is 10.5. The summed E-state index contributed by atoms with van der Waals surface area (Å²) in [7, 11) is 0. The summed E-state index contributed by atoms with van der Waals surface area (Å²) in [6, 6.07) is 7.03. The van der Waals surface area contributed by atoms with Crippen molar-refractivity contribution in [1.82, 2.24) is 20.4 Å². The molecule has 7 heteroatoms. The Kier molecular flexibility index (Phi) is 5.15. The maximum Gasteiger partial charge on any atom is 0.255 e. The van der Waals surface area contributed by atoms with Crippen LogP contribution in [0, 0.1) is 0 Å². The quantitative estimate of drug-likeness (QED) is 0.888. The van der Waals surface area contributed by atoms with Gasteiger partial charge < -0.3 is 10.6 Å². The monoisotopic (exact) mass is 346 g/mol. The third kappa shape index (κ3) is 3.94. The molecular weight excluding hydrogens is 328 g/mol. The number of nitrogens with one attached hydrogen (secondary N) is 2. The average molecular weight is 347 g/mol. The minimum Gasteiger partial charge on any atom is -0.354 e. The first kappa shape index (κ1) is 16.5. The lowest BCUT2D eigenvalue weighted by molar-refractivity contribution is -0.122. The fourth-order valence-electron chi connectivity index (χ4n) is 2.69. The van der Waals surface area contributed by atoms with E-state index in [4.69, 9.17) is 11.6 Å². The van der Waals surface area contributed by atoms with Gasteiger partial charge in [0, 0.05) is 17.8 Å². The van der Waals surface area contributed by atoms with Crippen molar-refractivity contribution in [1.29, 1.82) is 0 Å². The molecule has 126 valence electrons. The van der Waals surface area contributed by atoms with Crippen molar-refractivity contribution in [3.8, 4) is 0 Å². The topological polar surface area (TPSA) is 76.0 Å². The van der Waals surface area contributed by atoms with Gasteiger partial charge in [-0.05, 0) is 30.9 Å². The fraction of sp³-hybridized carbons (Fsp3) is 0.353. The van der Waals surface area contributed by atoms with Crippen LogP contribution in [0.5, 0.6) is 0 Å². The first-order valence-electron chi connectivity index (χ1n) is 7.98. The van der Waals surface area contributed by atoms with E-state index in [0.29, 0.717) is 30.1 Å². The van der Waals surface area contributed by atoms with E-state index in [1.54, 1.807) is 10.9 Å². The Bertz CT molecular complexity index is 744. The average Bonchev–Trinajstić information content (AvgIpc) is 2.95. The van der Waals surface area contributed by atoms with Gasteiger partial charge in [0.05, 0.1) is 18.3 Å². The molecule has 0 aliphatic carbocycles. The summed E-state index contributed by atoms with van der Waals surface area (Å²) in [5.74, 6) is -0.410. The molecule has 3 rings (SSSR count). The lowest BCUT2D eigenvalue weighted by atomic mass is 10.1. The Labute approximate surface area is 145 Å². The van der Waals surface area contributed by atoms with E-state index >= 15 is 0 Å². The Morgan fingerprint density at radius 3 is 3.04 bits per heavy atom. The van der Waals surface area contributed by atoms with Gasteiger partial charge in [0.15, 0.2) is 0 Å². The molecule has 1 aliphatic heterocycles. The molecule has 0 radical (unpaired) electrons. The number of benzene rings is 1. The molecule has 1 saturated heterocycles. The minimum atomic E-state index is -0.480. The summed E-state index contributed by atoms with van der Waals surface area (Å²) >= 11 is 6.14. The normalized spacial score (nSPS) is 17.9. The number of amides is 2. The van der Waals surface area contributed by atoms with Crippen molar-refractivity contribution >= 4 is 23.4 Å². The third-order valence-electron chi connectivity index (χ3n) is 4.03. The maximum absolute atomic E-state index is 12.3. The standard InChI is InChI=1S/C17H19ClN4O2/c18-14-6-2-1-5-12(14)10-22-11-13(9-20-22)16(23)21-15-7-3-4-8-19-17(15)24/h1-2,5-6,9,11,15H,3-4,7-8,10H2,(H,19,24)(H,21,23)/t15-/m1/s1. The zero-order valence-electron chi connectivity index (χ0n) is 13.2. The van der Waals surface area contributed by atoms with Crippen LogP contribution >= 0.6 is 11.6 Å². The number of hydrogen-bond donors (Lipinski definition) is 2. The van der Waals surface area contributed by atoms with Crippen LogP contribution in [-0.2, 0) is 11.3 Å². The summed E-state index contributed by atoms with van der Waals surface area (Å²) in [6.45, 7) is 1.15. The number of rotatable bonds is 4. The molecule has 6 nitrogen and oxygen atoms in total. The highest BCUT2D eigenvalue weighted by Crippen LogP contribution is 2.16. The number of halogens is 1. The maximum atomic E-state index is 12.3. The van der Waals surface area contributed by atoms with Gasteiger partial charge in [0.1, 0.15) is 6.04 Å². The molecule has 1 atom stereocenters. The van der Waals surface area contributed by atoms with Gasteiger partial charge in [-0.15, -0.1) is 0 Å². The number of carbonyl (C=O) groups excluding carboxylic acids is 2. The summed E-state index contributed by atoms with van der Waals surface area (Å²) < 4.78 is 1.66. The van der Waals surface area contributed by atoms with E-state index < -0.39 is 6.04 Å². The molecule has 0 unspecified atom stereocenters. The smallest absolute Gasteiger partial charge is 0.255 e. The predicted molar refractivity (Wildman–Crippen MR) is 90.9 cm³/mol. The van der Waals surface area contributed by atoms with Crippen LogP contribution < -0.4 is 10.6 Å². The molecule has 0 bridgehead atoms. The van der Waals surface area contributed by atoms with Crippen molar-refractivity contribution in [2.24, 2.45) is 0 Å². The van der Waals surface area contributed by atoms with E-state index in [2.05, 4.69) is 15.7 Å². The number of nitrogens with zero attached hydrogens (tertiary/aromatic N) is 2. The highest BCUT2D eigenvalue weighted by molar-refractivity contribution is 6.31. The predicted octanol–water partition coefficient (Wildman–Crippen LogP) is 1.98. The van der Waals surface area contributed by atoms with Crippen molar-refractivity contribution in [2.75, 3.05) is 6.54 Å². The van der Waals surface area contributed by atoms with Crippen molar-refractivity contribution in [2.45, 2.75) is 31.8 Å². The van der Waals surface area contributed by atoms with Crippen molar-refractivity contribution < 1.29 is 9.59 Å². The summed E-state index contributed by atoms with van der Waals surface area (Å²) in [5.41, 5.74) is 1.36. The molecule has 1 aromatic heterocycles. The van der Waals surface area contributed by atoms with Crippen molar-refractivity contribution in [3.05, 3.63) is 52.8 Å². The van der Waals surface area contributed by atoms with E-state index in [-0.39, 0.29) is 11.8 Å². The molecule has 1 fully saturated rings. The van der Waals surface area contributed by atoms with Gasteiger partial charge >= 0.3 is 0 Å². The van der Waals surface area contributed by atoms with Crippen LogP contribution in [0.1, 0.15) is 35.2 Å². The van der Waals surface area contributed by atoms with E-state index in [1.165, 1.54) is 6.20 Å². The first-order valence-corrected chi connectivity index (χ1v) is 8.36. The molecule has 2 heterocycles. The largest absolute Gasteiger partial charge is 0.354 e. The van der Waals surface area contributed by atoms with Gasteiger partial charge in [-0.3, -0.25) is 14.3 Å². The third-order valence-corrected chi connectivity index (χ3v) is 4.39. The zero-order valence-corrected chi connectivity index (χ0v) is 13.9. The van der Waals surface area contributed by atoms with Gasteiger partial charge in [0.2, 0.25) is 5.91 Å². The molecule has 0 spiro atoms. The summed E-state index contributed by atoms with van der Waals surface area (Å²) in [4.78, 5) is 24.2. The lowest BCUT2D eigenvalue weighted by Crippen LogP contribution is -2.45. The number of carbonyl (C=O) groups is 2. The van der Waals surface area contributed by atoms with E-state index in [0.717, 1.165) is 18.4 Å². The molecule has 2 amide bonds. The molecule has 2 N–H and O–H groups in total. The molecule has 0 saturated carbocycles. The highest BCUT2D eigenvalue weighted by Gasteiger charge is 2.23. The van der Waals surface area contributed by atoms with Gasteiger partial charge in [0.25, 0.3) is 5.91 Å². The second-order valence-electron chi connectivity index (χ2n) is 5.83. The lowest BCUT2D eigenvalue weighted by Gasteiger charge is -2.14. The Morgan fingerprint density at radius 2 is 2.21 bits per heavy atom. The van der Waals surface area contributed by atoms with Crippen LogP contribution in [0.3, 0.4) is 0 Å². The van der Waals surface area contributed by atoms with Gasteiger partial charge in [-0.25, -0.2) is 0 Å². The number of aromatic nitrogens is 2. The first-order chi connectivity index (χ1) is 11.6. The van der Waals surface area contributed by atoms with E-state index in [1.807, 2.05) is 24.3 Å². The number of hydrogen-bond acceptors (Lipinski definition) is 3. The summed E-state index contributed by atoms with van der Waals surface area (Å²) in [6.07, 6.45) is 5.67. The van der Waals surface area contributed by atoms with Gasteiger partial charge in [-0.1, -0.05) is 29.8 Å². The molecule has 1 aromatic carbocycles. The molecule has 24 heavy (non-hydrogen) atoms. The van der Waals surface area contributed by atoms with Crippen molar-refractivity contribution in [3.63, 3.8) is 0 Å². The Hall–Kier alpha value is -2.34. The van der Waals surface area contributed by atoms with E-state index in [9.17, 15) is 9.59 Å². The second-order valence-corrected chi connectivity index (χ2v) is 6.24. The zero-order chi connectivity index (χ0) is 16.9. The van der Waals surface area contributed by atoms with Gasteiger partial charge in [-0.2, -0.15) is 5.10 Å². The van der Waals surface area contributed by atoms with Crippen LogP contribution in [0.25, 0.3) is 0 Å².